The van der Waals surface area contributed by atoms with E-state index in [4.69, 9.17) is 5.11 Å². The van der Waals surface area contributed by atoms with E-state index in [-0.39, 0.29) is 11.3 Å². The average molecular weight is 271 g/mol. The van der Waals surface area contributed by atoms with E-state index in [0.717, 1.165) is 6.42 Å². The summed E-state index contributed by atoms with van der Waals surface area (Å²) in [6.45, 7) is 1.92. The van der Waals surface area contributed by atoms with Gasteiger partial charge in [0.05, 0.1) is 4.90 Å². The van der Waals surface area contributed by atoms with Gasteiger partial charge in [0.25, 0.3) is 0 Å². The molecule has 0 spiro atoms. The van der Waals surface area contributed by atoms with Crippen molar-refractivity contribution >= 4 is 16.0 Å². The van der Waals surface area contributed by atoms with Crippen LogP contribution in [0, 0.1) is 0 Å². The van der Waals surface area contributed by atoms with E-state index >= 15 is 0 Å². The molecule has 5 nitrogen and oxygen atoms in total. The first-order chi connectivity index (χ1) is 8.47. The summed E-state index contributed by atoms with van der Waals surface area (Å²) in [4.78, 5) is 11.1. The van der Waals surface area contributed by atoms with E-state index in [2.05, 4.69) is 4.72 Å². The van der Waals surface area contributed by atoms with E-state index < -0.39 is 22.0 Å². The Morgan fingerprint density at radius 1 is 1.33 bits per heavy atom. The molecule has 1 atom stereocenters. The molecule has 1 aromatic carbocycles. The molecule has 0 heterocycles. The summed E-state index contributed by atoms with van der Waals surface area (Å²) in [5, 5.41) is 8.98. The van der Waals surface area contributed by atoms with Crippen LogP contribution in [0.25, 0.3) is 0 Å². The van der Waals surface area contributed by atoms with Crippen molar-refractivity contribution in [3.05, 3.63) is 30.3 Å². The van der Waals surface area contributed by atoms with Crippen LogP contribution in [0.15, 0.2) is 35.2 Å². The topological polar surface area (TPSA) is 83.5 Å². The molecule has 0 aliphatic heterocycles. The third kappa shape index (κ3) is 4.12. The molecule has 6 heteroatoms. The summed E-state index contributed by atoms with van der Waals surface area (Å²) in [5.74, 6) is -1.15. The Bertz CT molecular complexity index is 484. The van der Waals surface area contributed by atoms with Gasteiger partial charge in [0.15, 0.2) is 0 Å². The molecule has 0 amide bonds. The molecule has 0 saturated heterocycles. The van der Waals surface area contributed by atoms with Gasteiger partial charge in [-0.1, -0.05) is 38.0 Å². The van der Waals surface area contributed by atoms with Gasteiger partial charge < -0.3 is 5.11 Å². The largest absolute Gasteiger partial charge is 0.480 e. The highest BCUT2D eigenvalue weighted by atomic mass is 32.2. The van der Waals surface area contributed by atoms with Crippen LogP contribution in [0.4, 0.5) is 0 Å². The molecule has 0 aliphatic rings. The zero-order chi connectivity index (χ0) is 13.6. The number of unbranched alkanes of at least 4 members (excludes halogenated alkanes) is 1. The van der Waals surface area contributed by atoms with Gasteiger partial charge in [-0.3, -0.25) is 4.79 Å². The molecule has 0 aliphatic carbocycles. The van der Waals surface area contributed by atoms with Crippen molar-refractivity contribution in [3.8, 4) is 0 Å². The number of carboxylic acid groups (broad SMARTS) is 1. The molecule has 1 rings (SSSR count). The van der Waals surface area contributed by atoms with Gasteiger partial charge in [0, 0.05) is 0 Å². The van der Waals surface area contributed by atoms with E-state index in [1.807, 2.05) is 6.92 Å². The van der Waals surface area contributed by atoms with Crippen LogP contribution in [0.5, 0.6) is 0 Å². The van der Waals surface area contributed by atoms with Gasteiger partial charge in [-0.15, -0.1) is 0 Å². The molecule has 18 heavy (non-hydrogen) atoms. The van der Waals surface area contributed by atoms with Gasteiger partial charge in [-0.2, -0.15) is 4.72 Å². The van der Waals surface area contributed by atoms with Crippen molar-refractivity contribution in [2.24, 2.45) is 0 Å². The summed E-state index contributed by atoms with van der Waals surface area (Å²) in [5.41, 5.74) is 0. The Labute approximate surface area is 107 Å². The quantitative estimate of drug-likeness (QED) is 0.789. The lowest BCUT2D eigenvalue weighted by molar-refractivity contribution is -0.139. The number of benzene rings is 1. The van der Waals surface area contributed by atoms with Crippen LogP contribution in [0.2, 0.25) is 0 Å². The molecule has 100 valence electrons. The Hall–Kier alpha value is -1.40. The van der Waals surface area contributed by atoms with Crippen LogP contribution in [0.1, 0.15) is 26.2 Å². The molecule has 0 bridgehead atoms. The van der Waals surface area contributed by atoms with Crippen LogP contribution in [0.3, 0.4) is 0 Å². The Balaban J connectivity index is 2.83. The number of carbonyl (C=O) groups is 1. The predicted molar refractivity (Wildman–Crippen MR) is 67.7 cm³/mol. The van der Waals surface area contributed by atoms with Crippen molar-refractivity contribution in [2.75, 3.05) is 0 Å². The number of rotatable bonds is 7. The molecule has 0 aromatic heterocycles. The van der Waals surface area contributed by atoms with Crippen molar-refractivity contribution in [2.45, 2.75) is 37.1 Å². The molecular weight excluding hydrogens is 254 g/mol. The number of nitrogens with one attached hydrogen (secondary N) is 1. The van der Waals surface area contributed by atoms with Crippen molar-refractivity contribution < 1.29 is 18.3 Å². The van der Waals surface area contributed by atoms with Crippen molar-refractivity contribution in [1.82, 2.24) is 4.72 Å². The molecule has 0 radical (unpaired) electrons. The first-order valence-electron chi connectivity index (χ1n) is 5.77. The lowest BCUT2D eigenvalue weighted by Crippen LogP contribution is -2.40. The third-order valence-corrected chi connectivity index (χ3v) is 3.98. The maximum atomic E-state index is 11.9. The van der Waals surface area contributed by atoms with Gasteiger partial charge >= 0.3 is 5.97 Å². The molecular formula is C12H17NO4S. The van der Waals surface area contributed by atoms with E-state index in [0.29, 0.717) is 6.42 Å². The second-order valence-corrected chi connectivity index (χ2v) is 5.68. The molecule has 1 aromatic rings. The summed E-state index contributed by atoms with van der Waals surface area (Å²) < 4.78 is 26.1. The van der Waals surface area contributed by atoms with Gasteiger partial charge in [-0.25, -0.2) is 8.42 Å². The number of hydrogen-bond donors (Lipinski definition) is 2. The lowest BCUT2D eigenvalue weighted by Gasteiger charge is -2.14. The standard InChI is InChI=1S/C12H17NO4S/c1-2-3-9-11(12(14)15)13-18(16,17)10-7-5-4-6-8-10/h4-8,11,13H,2-3,9H2,1H3,(H,14,15)/t11-/m0/s1. The maximum absolute atomic E-state index is 11.9. The SMILES string of the molecule is CCCC[C@H](NS(=O)(=O)c1ccccc1)C(=O)O. The minimum Gasteiger partial charge on any atom is -0.480 e. The first kappa shape index (κ1) is 14.7. The minimum atomic E-state index is -3.77. The zero-order valence-electron chi connectivity index (χ0n) is 10.2. The number of carboxylic acids is 1. The smallest absolute Gasteiger partial charge is 0.321 e. The van der Waals surface area contributed by atoms with Crippen LogP contribution in [-0.4, -0.2) is 25.5 Å². The fourth-order valence-corrected chi connectivity index (χ4v) is 2.74. The average Bonchev–Trinajstić information content (AvgIpc) is 2.35. The van der Waals surface area contributed by atoms with E-state index in [9.17, 15) is 13.2 Å². The van der Waals surface area contributed by atoms with Crippen molar-refractivity contribution in [3.63, 3.8) is 0 Å². The number of sulfonamides is 1. The highest BCUT2D eigenvalue weighted by molar-refractivity contribution is 7.89. The summed E-state index contributed by atoms with van der Waals surface area (Å²) in [6, 6.07) is 6.68. The fraction of sp³-hybridized carbons (Fsp3) is 0.417. The number of hydrogen-bond acceptors (Lipinski definition) is 3. The highest BCUT2D eigenvalue weighted by Gasteiger charge is 2.24. The normalized spacial score (nSPS) is 13.2. The maximum Gasteiger partial charge on any atom is 0.321 e. The summed E-state index contributed by atoms with van der Waals surface area (Å²) >= 11 is 0. The van der Waals surface area contributed by atoms with Gasteiger partial charge in [0.1, 0.15) is 6.04 Å². The predicted octanol–water partition coefficient (Wildman–Crippen LogP) is 1.61. The molecule has 0 saturated carbocycles. The van der Waals surface area contributed by atoms with Crippen molar-refractivity contribution in [1.29, 1.82) is 0 Å². The summed E-state index contributed by atoms with van der Waals surface area (Å²) in [6.07, 6.45) is 1.77. The molecule has 0 fully saturated rings. The monoisotopic (exact) mass is 271 g/mol. The van der Waals surface area contributed by atoms with E-state index in [1.54, 1.807) is 18.2 Å². The van der Waals surface area contributed by atoms with Crippen LogP contribution < -0.4 is 4.72 Å². The second kappa shape index (κ2) is 6.51. The first-order valence-corrected chi connectivity index (χ1v) is 7.26. The Morgan fingerprint density at radius 2 is 1.94 bits per heavy atom. The van der Waals surface area contributed by atoms with Crippen LogP contribution >= 0.6 is 0 Å². The second-order valence-electron chi connectivity index (χ2n) is 3.97. The van der Waals surface area contributed by atoms with Gasteiger partial charge in [-0.05, 0) is 18.6 Å². The Morgan fingerprint density at radius 3 is 2.44 bits per heavy atom. The van der Waals surface area contributed by atoms with E-state index in [1.165, 1.54) is 12.1 Å². The minimum absolute atomic E-state index is 0.0766. The third-order valence-electron chi connectivity index (χ3n) is 2.50. The zero-order valence-corrected chi connectivity index (χ0v) is 11.0. The molecule has 2 N–H and O–H groups in total. The summed E-state index contributed by atoms with van der Waals surface area (Å²) in [7, 11) is -3.77. The number of aliphatic carboxylic acids is 1. The lowest BCUT2D eigenvalue weighted by atomic mass is 10.1. The fourth-order valence-electron chi connectivity index (χ4n) is 1.50. The van der Waals surface area contributed by atoms with Gasteiger partial charge in [0.2, 0.25) is 10.0 Å². The van der Waals surface area contributed by atoms with Crippen LogP contribution in [-0.2, 0) is 14.8 Å². The highest BCUT2D eigenvalue weighted by Crippen LogP contribution is 2.10. The Kier molecular flexibility index (Phi) is 5.30. The molecule has 0 unspecified atom stereocenters.